The fraction of sp³-hybridized carbons (Fsp3) is 0.429. The third-order valence-electron chi connectivity index (χ3n) is 2.64. The number of benzene rings is 1. The van der Waals surface area contributed by atoms with E-state index in [0.29, 0.717) is 18.0 Å². The Bertz CT molecular complexity index is 485. The summed E-state index contributed by atoms with van der Waals surface area (Å²) in [6.07, 6.45) is 0.909. The number of urea groups is 1. The van der Waals surface area contributed by atoms with Crippen LogP contribution in [-0.4, -0.2) is 41.0 Å². The second-order valence-electron chi connectivity index (χ2n) is 4.76. The van der Waals surface area contributed by atoms with Crippen LogP contribution < -0.4 is 15.4 Å². The summed E-state index contributed by atoms with van der Waals surface area (Å²) in [5.74, 6) is -0.697. The van der Waals surface area contributed by atoms with Gasteiger partial charge in [-0.25, -0.2) is 9.59 Å². The Kier molecular flexibility index (Phi) is 5.98. The zero-order valence-corrected chi connectivity index (χ0v) is 12.0. The Hall–Kier alpha value is -2.28. The number of aliphatic hydroxyl groups is 1. The maximum atomic E-state index is 11.6. The van der Waals surface area contributed by atoms with Crippen molar-refractivity contribution in [2.75, 3.05) is 18.5 Å². The van der Waals surface area contributed by atoms with Gasteiger partial charge in [0, 0.05) is 5.69 Å². The highest BCUT2D eigenvalue weighted by molar-refractivity contribution is 5.90. The first-order valence-electron chi connectivity index (χ1n) is 6.58. The largest absolute Gasteiger partial charge is 0.494 e. The Morgan fingerprint density at radius 1 is 1.29 bits per heavy atom. The monoisotopic (exact) mass is 296 g/mol. The number of rotatable bonds is 7. The predicted molar refractivity (Wildman–Crippen MR) is 77.5 cm³/mol. The van der Waals surface area contributed by atoms with E-state index in [1.807, 2.05) is 6.92 Å². The topological polar surface area (TPSA) is 108 Å². The zero-order chi connectivity index (χ0) is 15.9. The number of nitrogens with one attached hydrogen (secondary N) is 2. The summed E-state index contributed by atoms with van der Waals surface area (Å²) in [5.41, 5.74) is -1.47. The molecular weight excluding hydrogens is 276 g/mol. The fourth-order valence-electron chi connectivity index (χ4n) is 1.36. The molecule has 0 aliphatic carbocycles. The lowest BCUT2D eigenvalue weighted by Gasteiger charge is -2.18. The number of hydrogen-bond acceptors (Lipinski definition) is 4. The molecule has 0 aliphatic rings. The predicted octanol–water partition coefficient (Wildman–Crippen LogP) is 1.43. The molecule has 2 amide bonds. The maximum Gasteiger partial charge on any atom is 0.337 e. The smallest absolute Gasteiger partial charge is 0.337 e. The standard InChI is InChI=1S/C14H20N2O5/c1-3-8-21-11-6-4-10(5-7-11)16-13(19)15-9-14(2,20)12(17)18/h4-7,20H,3,8-9H2,1-2H3,(H,17,18)(H2,15,16,19). The molecule has 1 aromatic rings. The van der Waals surface area contributed by atoms with Crippen molar-refractivity contribution in [2.24, 2.45) is 0 Å². The van der Waals surface area contributed by atoms with E-state index >= 15 is 0 Å². The van der Waals surface area contributed by atoms with Crippen LogP contribution in [0.5, 0.6) is 5.75 Å². The SMILES string of the molecule is CCCOc1ccc(NC(=O)NCC(C)(O)C(=O)O)cc1. The number of carboxylic acids is 1. The van der Waals surface area contributed by atoms with Gasteiger partial charge < -0.3 is 25.6 Å². The molecule has 116 valence electrons. The molecule has 0 spiro atoms. The van der Waals surface area contributed by atoms with E-state index in [2.05, 4.69) is 10.6 Å². The molecule has 1 aromatic carbocycles. The van der Waals surface area contributed by atoms with E-state index in [1.165, 1.54) is 0 Å². The Morgan fingerprint density at radius 2 is 1.90 bits per heavy atom. The van der Waals surface area contributed by atoms with Crippen molar-refractivity contribution in [2.45, 2.75) is 25.9 Å². The van der Waals surface area contributed by atoms with E-state index in [1.54, 1.807) is 24.3 Å². The molecule has 0 fully saturated rings. The molecule has 21 heavy (non-hydrogen) atoms. The van der Waals surface area contributed by atoms with Crippen molar-refractivity contribution in [1.82, 2.24) is 5.32 Å². The lowest BCUT2D eigenvalue weighted by Crippen LogP contribution is -2.47. The molecule has 4 N–H and O–H groups in total. The van der Waals surface area contributed by atoms with Gasteiger partial charge in [0.25, 0.3) is 0 Å². The molecule has 0 saturated heterocycles. The second kappa shape index (κ2) is 7.49. The third-order valence-corrected chi connectivity index (χ3v) is 2.64. The van der Waals surface area contributed by atoms with Crippen LogP contribution in [0.1, 0.15) is 20.3 Å². The van der Waals surface area contributed by atoms with Crippen LogP contribution in [0, 0.1) is 0 Å². The van der Waals surface area contributed by atoms with Crippen LogP contribution in [0.25, 0.3) is 0 Å². The highest BCUT2D eigenvalue weighted by atomic mass is 16.5. The van der Waals surface area contributed by atoms with Gasteiger partial charge in [0.05, 0.1) is 13.2 Å². The number of carbonyl (C=O) groups excluding carboxylic acids is 1. The van der Waals surface area contributed by atoms with Gasteiger partial charge in [0.2, 0.25) is 0 Å². The Morgan fingerprint density at radius 3 is 2.43 bits per heavy atom. The lowest BCUT2D eigenvalue weighted by atomic mass is 10.1. The molecule has 0 heterocycles. The molecule has 0 aliphatic heterocycles. The van der Waals surface area contributed by atoms with Crippen molar-refractivity contribution >= 4 is 17.7 Å². The molecule has 7 heteroatoms. The molecular formula is C14H20N2O5. The van der Waals surface area contributed by atoms with E-state index in [-0.39, 0.29) is 0 Å². The summed E-state index contributed by atoms with van der Waals surface area (Å²) in [6.45, 7) is 3.34. The number of carboxylic acid groups (broad SMARTS) is 1. The van der Waals surface area contributed by atoms with Crippen molar-refractivity contribution in [3.05, 3.63) is 24.3 Å². The molecule has 0 bridgehead atoms. The van der Waals surface area contributed by atoms with Crippen molar-refractivity contribution in [3.8, 4) is 5.75 Å². The number of ether oxygens (including phenoxy) is 1. The van der Waals surface area contributed by atoms with Gasteiger partial charge in [-0.1, -0.05) is 6.92 Å². The minimum absolute atomic E-state index is 0.397. The van der Waals surface area contributed by atoms with Crippen LogP contribution in [0.4, 0.5) is 10.5 Å². The van der Waals surface area contributed by atoms with Gasteiger partial charge in [-0.15, -0.1) is 0 Å². The van der Waals surface area contributed by atoms with Crippen LogP contribution in [0.2, 0.25) is 0 Å². The maximum absolute atomic E-state index is 11.6. The Balaban J connectivity index is 2.46. The summed E-state index contributed by atoms with van der Waals surface area (Å²) < 4.78 is 5.41. The van der Waals surface area contributed by atoms with Gasteiger partial charge in [-0.3, -0.25) is 0 Å². The van der Waals surface area contributed by atoms with Crippen molar-refractivity contribution in [3.63, 3.8) is 0 Å². The number of amides is 2. The van der Waals surface area contributed by atoms with E-state index < -0.39 is 24.1 Å². The lowest BCUT2D eigenvalue weighted by molar-refractivity contribution is -0.155. The average Bonchev–Trinajstić information content (AvgIpc) is 2.44. The number of anilines is 1. The molecule has 1 rings (SSSR count). The van der Waals surface area contributed by atoms with Crippen LogP contribution in [0.3, 0.4) is 0 Å². The van der Waals surface area contributed by atoms with Gasteiger partial charge in [0.1, 0.15) is 5.75 Å². The van der Waals surface area contributed by atoms with Gasteiger partial charge >= 0.3 is 12.0 Å². The van der Waals surface area contributed by atoms with Gasteiger partial charge in [-0.2, -0.15) is 0 Å². The van der Waals surface area contributed by atoms with Crippen molar-refractivity contribution in [1.29, 1.82) is 0 Å². The minimum Gasteiger partial charge on any atom is -0.494 e. The second-order valence-corrected chi connectivity index (χ2v) is 4.76. The minimum atomic E-state index is -2.00. The molecule has 1 unspecified atom stereocenters. The normalized spacial score (nSPS) is 13.1. The first-order chi connectivity index (χ1) is 9.85. The highest BCUT2D eigenvalue weighted by Crippen LogP contribution is 2.15. The van der Waals surface area contributed by atoms with Crippen LogP contribution >= 0.6 is 0 Å². The van der Waals surface area contributed by atoms with Gasteiger partial charge in [0.15, 0.2) is 5.60 Å². The summed E-state index contributed by atoms with van der Waals surface area (Å²) in [7, 11) is 0. The molecule has 0 saturated carbocycles. The first kappa shape index (κ1) is 16.8. The summed E-state index contributed by atoms with van der Waals surface area (Å²) in [5, 5.41) is 23.0. The van der Waals surface area contributed by atoms with E-state index in [0.717, 1.165) is 13.3 Å². The van der Waals surface area contributed by atoms with E-state index in [9.17, 15) is 14.7 Å². The van der Waals surface area contributed by atoms with Crippen LogP contribution in [0.15, 0.2) is 24.3 Å². The first-order valence-corrected chi connectivity index (χ1v) is 6.58. The summed E-state index contributed by atoms with van der Waals surface area (Å²) in [6, 6.07) is 6.18. The number of aliphatic carboxylic acids is 1. The fourth-order valence-corrected chi connectivity index (χ4v) is 1.36. The molecule has 1 atom stereocenters. The quantitative estimate of drug-likeness (QED) is 0.609. The number of hydrogen-bond donors (Lipinski definition) is 4. The van der Waals surface area contributed by atoms with Crippen molar-refractivity contribution < 1.29 is 24.5 Å². The van der Waals surface area contributed by atoms with Gasteiger partial charge in [-0.05, 0) is 37.6 Å². The zero-order valence-electron chi connectivity index (χ0n) is 12.0. The number of carbonyl (C=O) groups is 2. The summed E-state index contributed by atoms with van der Waals surface area (Å²) in [4.78, 5) is 22.3. The van der Waals surface area contributed by atoms with Crippen LogP contribution in [-0.2, 0) is 4.79 Å². The Labute approximate surface area is 122 Å². The molecule has 0 radical (unpaired) electrons. The van der Waals surface area contributed by atoms with E-state index in [4.69, 9.17) is 9.84 Å². The molecule has 0 aromatic heterocycles. The summed E-state index contributed by atoms with van der Waals surface area (Å²) >= 11 is 0. The molecule has 7 nitrogen and oxygen atoms in total. The highest BCUT2D eigenvalue weighted by Gasteiger charge is 2.30. The average molecular weight is 296 g/mol. The third kappa shape index (κ3) is 5.70.